The number of likely N-dealkylation sites (tertiary alicyclic amines) is 1. The molecule has 2 rings (SSSR count). The second-order valence-electron chi connectivity index (χ2n) is 4.77. The maximum atomic E-state index is 10.1. The van der Waals surface area contributed by atoms with Gasteiger partial charge in [0, 0.05) is 13.1 Å². The number of rotatable bonds is 2. The Morgan fingerprint density at radius 1 is 1.36 bits per heavy atom. The Kier molecular flexibility index (Phi) is 2.99. The van der Waals surface area contributed by atoms with Gasteiger partial charge in [0.2, 0.25) is 6.08 Å². The Balaban J connectivity index is 2.04. The maximum absolute atomic E-state index is 10.1. The van der Waals surface area contributed by atoms with Crippen molar-refractivity contribution in [3.63, 3.8) is 0 Å². The summed E-state index contributed by atoms with van der Waals surface area (Å²) in [5.41, 5.74) is 0. The fourth-order valence-corrected chi connectivity index (χ4v) is 3.22. The number of fused-ring (bicyclic) bond motifs is 2. The van der Waals surface area contributed by atoms with Crippen molar-refractivity contribution in [2.45, 2.75) is 19.3 Å². The molecule has 14 heavy (non-hydrogen) atoms. The molecule has 2 aliphatic rings. The summed E-state index contributed by atoms with van der Waals surface area (Å²) in [5.74, 6) is 2.19. The minimum Gasteiger partial charge on any atom is -0.306 e. The fourth-order valence-electron chi connectivity index (χ4n) is 3.22. The van der Waals surface area contributed by atoms with Crippen LogP contribution in [-0.2, 0) is 4.79 Å². The highest BCUT2D eigenvalue weighted by molar-refractivity contribution is 5.32. The van der Waals surface area contributed by atoms with Gasteiger partial charge in [-0.3, -0.25) is 0 Å². The summed E-state index contributed by atoms with van der Waals surface area (Å²) < 4.78 is 0. The molecule has 0 aromatic carbocycles. The van der Waals surface area contributed by atoms with Crippen LogP contribution in [0.4, 0.5) is 0 Å². The van der Waals surface area contributed by atoms with E-state index < -0.39 is 0 Å². The SMILES string of the molecule is CN1CC2CCCC(C1)C2CN=C=O. The molecule has 78 valence electrons. The molecular formula is C11H18N2O. The zero-order valence-corrected chi connectivity index (χ0v) is 8.78. The lowest BCUT2D eigenvalue weighted by Crippen LogP contribution is -2.47. The fraction of sp³-hybridized carbons (Fsp3) is 0.909. The van der Waals surface area contributed by atoms with Crippen molar-refractivity contribution < 1.29 is 4.79 Å². The minimum absolute atomic E-state index is 0.654. The van der Waals surface area contributed by atoms with Gasteiger partial charge in [0.15, 0.2) is 0 Å². The molecule has 3 nitrogen and oxygen atoms in total. The number of hydrogen-bond acceptors (Lipinski definition) is 3. The molecule has 1 heterocycles. The predicted octanol–water partition coefficient (Wildman–Crippen LogP) is 1.30. The zero-order valence-electron chi connectivity index (χ0n) is 8.78. The van der Waals surface area contributed by atoms with E-state index >= 15 is 0 Å². The predicted molar refractivity (Wildman–Crippen MR) is 54.8 cm³/mol. The van der Waals surface area contributed by atoms with Crippen molar-refractivity contribution in [2.75, 3.05) is 26.7 Å². The van der Waals surface area contributed by atoms with E-state index in [0.29, 0.717) is 12.5 Å². The first-order valence-corrected chi connectivity index (χ1v) is 5.53. The monoisotopic (exact) mass is 194 g/mol. The Morgan fingerprint density at radius 3 is 2.57 bits per heavy atom. The first kappa shape index (κ1) is 9.88. The van der Waals surface area contributed by atoms with Crippen molar-refractivity contribution in [1.29, 1.82) is 0 Å². The standard InChI is InChI=1S/C11H18N2O/c1-13-6-9-3-2-4-10(7-13)11(9)5-12-8-14/h9-11H,2-7H2,1H3. The highest BCUT2D eigenvalue weighted by Crippen LogP contribution is 2.39. The third kappa shape index (κ3) is 1.89. The molecule has 0 spiro atoms. The van der Waals surface area contributed by atoms with Crippen molar-refractivity contribution in [2.24, 2.45) is 22.7 Å². The van der Waals surface area contributed by atoms with Gasteiger partial charge < -0.3 is 4.90 Å². The van der Waals surface area contributed by atoms with Crippen LogP contribution in [0.3, 0.4) is 0 Å². The van der Waals surface area contributed by atoms with Crippen molar-refractivity contribution >= 4 is 6.08 Å². The Hall–Kier alpha value is -0.660. The molecule has 1 saturated heterocycles. The summed E-state index contributed by atoms with van der Waals surface area (Å²) in [7, 11) is 2.20. The molecule has 0 N–H and O–H groups in total. The van der Waals surface area contributed by atoms with Crippen LogP contribution in [0.15, 0.2) is 4.99 Å². The van der Waals surface area contributed by atoms with Crippen molar-refractivity contribution in [3.8, 4) is 0 Å². The molecule has 0 aromatic rings. The van der Waals surface area contributed by atoms with Gasteiger partial charge in [0.1, 0.15) is 0 Å². The average Bonchev–Trinajstić information content (AvgIpc) is 2.14. The average molecular weight is 194 g/mol. The van der Waals surface area contributed by atoms with Gasteiger partial charge >= 0.3 is 0 Å². The second-order valence-corrected chi connectivity index (χ2v) is 4.77. The summed E-state index contributed by atoms with van der Waals surface area (Å²) in [6.45, 7) is 3.10. The molecule has 0 aromatic heterocycles. The number of carbonyl (C=O) groups excluding carboxylic acids is 1. The molecule has 1 aliphatic heterocycles. The number of hydrogen-bond donors (Lipinski definition) is 0. The van der Waals surface area contributed by atoms with Crippen molar-refractivity contribution in [1.82, 2.24) is 4.90 Å². The summed E-state index contributed by atoms with van der Waals surface area (Å²) in [4.78, 5) is 16.3. The van der Waals surface area contributed by atoms with Gasteiger partial charge in [-0.1, -0.05) is 6.42 Å². The smallest absolute Gasteiger partial charge is 0.234 e. The van der Waals surface area contributed by atoms with Crippen LogP contribution in [0.1, 0.15) is 19.3 Å². The molecule has 2 bridgehead atoms. The van der Waals surface area contributed by atoms with E-state index in [2.05, 4.69) is 16.9 Å². The minimum atomic E-state index is 0.654. The molecule has 0 amide bonds. The Bertz CT molecular complexity index is 234. The van der Waals surface area contributed by atoms with Crippen LogP contribution >= 0.6 is 0 Å². The van der Waals surface area contributed by atoms with Gasteiger partial charge in [-0.15, -0.1) is 0 Å². The van der Waals surface area contributed by atoms with Crippen LogP contribution in [0.5, 0.6) is 0 Å². The molecule has 2 fully saturated rings. The van der Waals surface area contributed by atoms with Crippen LogP contribution in [-0.4, -0.2) is 37.7 Å². The number of isocyanates is 1. The third-order valence-corrected chi connectivity index (χ3v) is 3.82. The quantitative estimate of drug-likeness (QED) is 0.490. The summed E-state index contributed by atoms with van der Waals surface area (Å²) in [6.07, 6.45) is 5.68. The lowest BCUT2D eigenvalue weighted by molar-refractivity contribution is 0.0422. The summed E-state index contributed by atoms with van der Waals surface area (Å²) >= 11 is 0. The molecule has 1 aliphatic carbocycles. The maximum Gasteiger partial charge on any atom is 0.234 e. The van der Waals surface area contributed by atoms with E-state index in [9.17, 15) is 4.79 Å². The number of nitrogens with zero attached hydrogens (tertiary/aromatic N) is 2. The van der Waals surface area contributed by atoms with Crippen molar-refractivity contribution in [3.05, 3.63) is 0 Å². The molecule has 0 radical (unpaired) electrons. The molecule has 2 unspecified atom stereocenters. The van der Waals surface area contributed by atoms with Crippen LogP contribution in [0.2, 0.25) is 0 Å². The largest absolute Gasteiger partial charge is 0.306 e. The second kappa shape index (κ2) is 4.24. The molecular weight excluding hydrogens is 176 g/mol. The van der Waals surface area contributed by atoms with E-state index in [-0.39, 0.29) is 0 Å². The van der Waals surface area contributed by atoms with Gasteiger partial charge in [-0.2, -0.15) is 0 Å². The first-order chi connectivity index (χ1) is 6.81. The lowest BCUT2D eigenvalue weighted by atomic mass is 9.69. The van der Waals surface area contributed by atoms with Gasteiger partial charge in [0.25, 0.3) is 0 Å². The molecule has 2 atom stereocenters. The highest BCUT2D eigenvalue weighted by Gasteiger charge is 2.37. The topological polar surface area (TPSA) is 32.7 Å². The Morgan fingerprint density at radius 2 is 2.00 bits per heavy atom. The normalized spacial score (nSPS) is 37.6. The molecule has 1 saturated carbocycles. The van der Waals surface area contributed by atoms with Gasteiger partial charge in [-0.05, 0) is 37.6 Å². The number of aliphatic imine (C=N–C) groups is 1. The van der Waals surface area contributed by atoms with Crippen LogP contribution in [0, 0.1) is 17.8 Å². The third-order valence-electron chi connectivity index (χ3n) is 3.82. The number of piperidine rings is 1. The van der Waals surface area contributed by atoms with E-state index in [0.717, 1.165) is 11.8 Å². The van der Waals surface area contributed by atoms with Crippen LogP contribution < -0.4 is 0 Å². The zero-order chi connectivity index (χ0) is 9.97. The van der Waals surface area contributed by atoms with Crippen LogP contribution in [0.25, 0.3) is 0 Å². The summed E-state index contributed by atoms with van der Waals surface area (Å²) in [5, 5.41) is 0. The highest BCUT2D eigenvalue weighted by atomic mass is 16.1. The van der Waals surface area contributed by atoms with Gasteiger partial charge in [0.05, 0.1) is 6.54 Å². The van der Waals surface area contributed by atoms with E-state index in [1.165, 1.54) is 32.4 Å². The van der Waals surface area contributed by atoms with E-state index in [1.807, 2.05) is 0 Å². The summed E-state index contributed by atoms with van der Waals surface area (Å²) in [6, 6.07) is 0. The van der Waals surface area contributed by atoms with E-state index in [4.69, 9.17) is 0 Å². The molecule has 3 heteroatoms. The van der Waals surface area contributed by atoms with Gasteiger partial charge in [-0.25, -0.2) is 9.79 Å². The van der Waals surface area contributed by atoms with E-state index in [1.54, 1.807) is 6.08 Å². The lowest BCUT2D eigenvalue weighted by Gasteiger charge is -2.45. The Labute approximate surface area is 85.2 Å². The first-order valence-electron chi connectivity index (χ1n) is 5.53.